The highest BCUT2D eigenvalue weighted by Gasteiger charge is 2.24. The fourth-order valence-electron chi connectivity index (χ4n) is 2.33. The second-order valence-corrected chi connectivity index (χ2v) is 5.16. The van der Waals surface area contributed by atoms with Gasteiger partial charge in [-0.05, 0) is 44.7 Å². The molecule has 1 N–H and O–H groups in total. The second-order valence-electron chi connectivity index (χ2n) is 5.16. The average Bonchev–Trinajstić information content (AvgIpc) is 2.30. The van der Waals surface area contributed by atoms with Crippen molar-refractivity contribution in [1.29, 1.82) is 0 Å². The summed E-state index contributed by atoms with van der Waals surface area (Å²) in [7, 11) is 0. The van der Waals surface area contributed by atoms with Crippen LogP contribution in [0.2, 0.25) is 0 Å². The maximum atomic E-state index is 12.4. The minimum Gasteiger partial charge on any atom is -0.507 e. The van der Waals surface area contributed by atoms with Crippen LogP contribution in [0.3, 0.4) is 0 Å². The van der Waals surface area contributed by atoms with Crippen LogP contribution in [0.5, 0.6) is 5.75 Å². The van der Waals surface area contributed by atoms with Gasteiger partial charge in [-0.1, -0.05) is 18.1 Å². The Balaban J connectivity index is 2.14. The van der Waals surface area contributed by atoms with Crippen LogP contribution in [0.1, 0.15) is 42.1 Å². The summed E-state index contributed by atoms with van der Waals surface area (Å²) in [4.78, 5) is 14.2. The van der Waals surface area contributed by atoms with Crippen LogP contribution in [-0.4, -0.2) is 29.0 Å². The molecule has 0 radical (unpaired) electrons. The molecule has 1 fully saturated rings. The number of hydrogen-bond donors (Lipinski definition) is 1. The molecule has 0 saturated heterocycles. The minimum atomic E-state index is -0.0504. The molecule has 0 spiro atoms. The van der Waals surface area contributed by atoms with E-state index in [0.29, 0.717) is 18.0 Å². The molecule has 18 heavy (non-hydrogen) atoms. The minimum absolute atomic E-state index is 0.0504. The average molecular weight is 247 g/mol. The van der Waals surface area contributed by atoms with Crippen molar-refractivity contribution in [2.75, 3.05) is 13.1 Å². The van der Waals surface area contributed by atoms with Crippen molar-refractivity contribution >= 4 is 5.91 Å². The molecule has 1 aliphatic carbocycles. The summed E-state index contributed by atoms with van der Waals surface area (Å²) in [5.74, 6) is 0.684. The third-order valence-corrected chi connectivity index (χ3v) is 3.75. The smallest absolute Gasteiger partial charge is 0.257 e. The zero-order valence-corrected chi connectivity index (χ0v) is 11.1. The zero-order valence-electron chi connectivity index (χ0n) is 11.1. The van der Waals surface area contributed by atoms with E-state index in [0.717, 1.165) is 12.1 Å². The van der Waals surface area contributed by atoms with E-state index in [4.69, 9.17) is 0 Å². The van der Waals surface area contributed by atoms with Crippen molar-refractivity contribution in [2.24, 2.45) is 5.92 Å². The van der Waals surface area contributed by atoms with E-state index in [2.05, 4.69) is 0 Å². The van der Waals surface area contributed by atoms with Gasteiger partial charge in [-0.3, -0.25) is 4.79 Å². The van der Waals surface area contributed by atoms with Crippen LogP contribution >= 0.6 is 0 Å². The van der Waals surface area contributed by atoms with Gasteiger partial charge in [0.05, 0.1) is 5.56 Å². The van der Waals surface area contributed by atoms with Crippen molar-refractivity contribution in [3.8, 4) is 5.75 Å². The van der Waals surface area contributed by atoms with Crippen LogP contribution in [0.25, 0.3) is 0 Å². The highest BCUT2D eigenvalue weighted by Crippen LogP contribution is 2.28. The van der Waals surface area contributed by atoms with Gasteiger partial charge in [-0.2, -0.15) is 0 Å². The normalized spacial score (nSPS) is 15.2. The van der Waals surface area contributed by atoms with Crippen LogP contribution < -0.4 is 0 Å². The number of benzene rings is 1. The first-order chi connectivity index (χ1) is 8.61. The fraction of sp³-hybridized carbons (Fsp3) is 0.533. The number of aryl methyl sites for hydroxylation is 1. The summed E-state index contributed by atoms with van der Waals surface area (Å²) >= 11 is 0. The summed E-state index contributed by atoms with van der Waals surface area (Å²) in [5, 5.41) is 9.81. The molecule has 0 heterocycles. The SMILES string of the molecule is CCN(CC1CCC1)C(=O)c1cc(C)ccc1O. The molecular weight excluding hydrogens is 226 g/mol. The number of phenols is 1. The molecule has 0 aliphatic heterocycles. The number of phenolic OH excluding ortho intramolecular Hbond substituents is 1. The summed E-state index contributed by atoms with van der Waals surface area (Å²) < 4.78 is 0. The van der Waals surface area contributed by atoms with E-state index >= 15 is 0 Å². The number of carbonyl (C=O) groups is 1. The predicted molar refractivity (Wildman–Crippen MR) is 71.8 cm³/mol. The Morgan fingerprint density at radius 2 is 2.17 bits per heavy atom. The third kappa shape index (κ3) is 2.66. The van der Waals surface area contributed by atoms with Crippen LogP contribution in [0.15, 0.2) is 18.2 Å². The quantitative estimate of drug-likeness (QED) is 0.888. The van der Waals surface area contributed by atoms with Crippen molar-refractivity contribution in [3.63, 3.8) is 0 Å². The van der Waals surface area contributed by atoms with Gasteiger partial charge in [0, 0.05) is 13.1 Å². The Kier molecular flexibility index (Phi) is 3.90. The van der Waals surface area contributed by atoms with Gasteiger partial charge < -0.3 is 10.0 Å². The number of rotatable bonds is 4. The number of amides is 1. The molecule has 1 aliphatic rings. The van der Waals surface area contributed by atoms with Crippen molar-refractivity contribution in [2.45, 2.75) is 33.1 Å². The van der Waals surface area contributed by atoms with Crippen LogP contribution in [0, 0.1) is 12.8 Å². The standard InChI is InChI=1S/C15H21NO2/c1-3-16(10-12-5-4-6-12)15(18)13-9-11(2)7-8-14(13)17/h7-9,12,17H,3-6,10H2,1-2H3. The maximum Gasteiger partial charge on any atom is 0.257 e. The van der Waals surface area contributed by atoms with Crippen molar-refractivity contribution in [3.05, 3.63) is 29.3 Å². The fourth-order valence-corrected chi connectivity index (χ4v) is 2.33. The van der Waals surface area contributed by atoms with E-state index in [1.807, 2.05) is 24.8 Å². The Labute approximate surface area is 108 Å². The number of hydrogen-bond acceptors (Lipinski definition) is 2. The molecule has 0 bridgehead atoms. The molecule has 3 nitrogen and oxygen atoms in total. The lowest BCUT2D eigenvalue weighted by molar-refractivity contribution is 0.0703. The largest absolute Gasteiger partial charge is 0.507 e. The second kappa shape index (κ2) is 5.42. The first-order valence-electron chi connectivity index (χ1n) is 6.70. The van der Waals surface area contributed by atoms with E-state index in [1.165, 1.54) is 19.3 Å². The molecule has 98 valence electrons. The van der Waals surface area contributed by atoms with Gasteiger partial charge in [0.25, 0.3) is 5.91 Å². The molecule has 1 aromatic rings. The first kappa shape index (κ1) is 12.9. The van der Waals surface area contributed by atoms with Gasteiger partial charge in [0.15, 0.2) is 0 Å². The van der Waals surface area contributed by atoms with Crippen LogP contribution in [-0.2, 0) is 0 Å². The highest BCUT2D eigenvalue weighted by molar-refractivity contribution is 5.97. The molecule has 1 aromatic carbocycles. The Morgan fingerprint density at radius 3 is 2.72 bits per heavy atom. The molecular formula is C15H21NO2. The van der Waals surface area contributed by atoms with Gasteiger partial charge in [-0.25, -0.2) is 0 Å². The van der Waals surface area contributed by atoms with Gasteiger partial charge in [0.2, 0.25) is 0 Å². The molecule has 1 amide bonds. The van der Waals surface area contributed by atoms with E-state index in [-0.39, 0.29) is 11.7 Å². The lowest BCUT2D eigenvalue weighted by Crippen LogP contribution is -2.37. The Hall–Kier alpha value is -1.51. The Bertz CT molecular complexity index is 438. The number of nitrogens with zero attached hydrogens (tertiary/aromatic N) is 1. The van der Waals surface area contributed by atoms with E-state index in [9.17, 15) is 9.90 Å². The lowest BCUT2D eigenvalue weighted by atomic mass is 9.85. The van der Waals surface area contributed by atoms with E-state index < -0.39 is 0 Å². The van der Waals surface area contributed by atoms with Crippen molar-refractivity contribution in [1.82, 2.24) is 4.90 Å². The maximum absolute atomic E-state index is 12.4. The van der Waals surface area contributed by atoms with Crippen LogP contribution in [0.4, 0.5) is 0 Å². The monoisotopic (exact) mass is 247 g/mol. The molecule has 0 aromatic heterocycles. The topological polar surface area (TPSA) is 40.5 Å². The molecule has 2 rings (SSSR count). The van der Waals surface area contributed by atoms with Gasteiger partial charge in [-0.15, -0.1) is 0 Å². The summed E-state index contributed by atoms with van der Waals surface area (Å²) in [6, 6.07) is 5.18. The van der Waals surface area contributed by atoms with E-state index in [1.54, 1.807) is 12.1 Å². The number of aromatic hydroxyl groups is 1. The van der Waals surface area contributed by atoms with Gasteiger partial charge >= 0.3 is 0 Å². The summed E-state index contributed by atoms with van der Waals surface area (Å²) in [5.41, 5.74) is 1.42. The lowest BCUT2D eigenvalue weighted by Gasteiger charge is -2.32. The molecule has 0 unspecified atom stereocenters. The Morgan fingerprint density at radius 1 is 1.44 bits per heavy atom. The molecule has 0 atom stereocenters. The number of carbonyl (C=O) groups excluding carboxylic acids is 1. The molecule has 3 heteroatoms. The van der Waals surface area contributed by atoms with Crippen molar-refractivity contribution < 1.29 is 9.90 Å². The summed E-state index contributed by atoms with van der Waals surface area (Å²) in [6.45, 7) is 5.44. The zero-order chi connectivity index (χ0) is 13.1. The highest BCUT2D eigenvalue weighted by atomic mass is 16.3. The molecule has 1 saturated carbocycles. The summed E-state index contributed by atoms with van der Waals surface area (Å²) in [6.07, 6.45) is 3.74. The predicted octanol–water partition coefficient (Wildman–Crippen LogP) is 2.96. The first-order valence-corrected chi connectivity index (χ1v) is 6.70. The van der Waals surface area contributed by atoms with Gasteiger partial charge in [0.1, 0.15) is 5.75 Å². The third-order valence-electron chi connectivity index (χ3n) is 3.75.